The molecule has 30 heavy (non-hydrogen) atoms. The molecule has 0 spiro atoms. The molecular formula is C22H18N2O4S2. The molecule has 8 heteroatoms. The predicted molar refractivity (Wildman–Crippen MR) is 114 cm³/mol. The van der Waals surface area contributed by atoms with Crippen LogP contribution in [0.4, 0.5) is 5.82 Å². The number of anilines is 1. The van der Waals surface area contributed by atoms with Crippen LogP contribution in [0, 0.1) is 6.92 Å². The van der Waals surface area contributed by atoms with Gasteiger partial charge in [-0.2, -0.15) is 0 Å². The van der Waals surface area contributed by atoms with Crippen molar-refractivity contribution in [2.24, 2.45) is 0 Å². The van der Waals surface area contributed by atoms with Crippen molar-refractivity contribution in [3.8, 4) is 0 Å². The smallest absolute Gasteiger partial charge is 0.295 e. The van der Waals surface area contributed by atoms with Gasteiger partial charge in [-0.25, -0.2) is 13.4 Å². The van der Waals surface area contributed by atoms with Gasteiger partial charge in [0.25, 0.3) is 5.91 Å². The number of nitrogens with zero attached hydrogens (tertiary/aromatic N) is 2. The lowest BCUT2D eigenvalue weighted by molar-refractivity contribution is 0.0952. The van der Waals surface area contributed by atoms with E-state index in [0.717, 1.165) is 10.4 Å². The number of benzene rings is 1. The first kappa shape index (κ1) is 20.1. The Morgan fingerprint density at radius 1 is 1.03 bits per heavy atom. The lowest BCUT2D eigenvalue weighted by atomic mass is 10.2. The van der Waals surface area contributed by atoms with Gasteiger partial charge >= 0.3 is 0 Å². The summed E-state index contributed by atoms with van der Waals surface area (Å²) in [7, 11) is -3.86. The summed E-state index contributed by atoms with van der Waals surface area (Å²) < 4.78 is 31.2. The van der Waals surface area contributed by atoms with Crippen molar-refractivity contribution in [1.82, 2.24) is 4.98 Å². The number of pyridine rings is 1. The Hall–Kier alpha value is -3.23. The summed E-state index contributed by atoms with van der Waals surface area (Å²) in [5.74, 6) is -0.0782. The van der Waals surface area contributed by atoms with E-state index in [4.69, 9.17) is 4.42 Å². The SMILES string of the molecule is Cc1ccc(S(=O)(=O)c2ccc(C(=O)N(Cc3cccs3)c3ccccn3)o2)cc1. The minimum Gasteiger partial charge on any atom is -0.439 e. The number of hydrogen-bond donors (Lipinski definition) is 0. The van der Waals surface area contributed by atoms with Crippen LogP contribution in [0.3, 0.4) is 0 Å². The zero-order chi connectivity index (χ0) is 21.1. The van der Waals surface area contributed by atoms with Gasteiger partial charge in [0.15, 0.2) is 5.76 Å². The van der Waals surface area contributed by atoms with E-state index in [1.807, 2.05) is 24.4 Å². The molecule has 0 fully saturated rings. The largest absolute Gasteiger partial charge is 0.439 e. The second-order valence-electron chi connectivity index (χ2n) is 6.59. The standard InChI is InChI=1S/C22H18N2O4S2/c1-16-7-9-18(10-8-16)30(26,27)21-12-11-19(28-21)22(25)24(15-17-5-4-14-29-17)20-6-2-3-13-23-20/h2-14H,15H2,1H3. The number of carbonyl (C=O) groups is 1. The molecule has 0 aliphatic rings. The number of hydrogen-bond acceptors (Lipinski definition) is 6. The lowest BCUT2D eigenvalue weighted by Crippen LogP contribution is -2.30. The topological polar surface area (TPSA) is 80.5 Å². The number of furan rings is 1. The minimum atomic E-state index is -3.86. The first-order valence-corrected chi connectivity index (χ1v) is 11.5. The van der Waals surface area contributed by atoms with Crippen LogP contribution in [0.5, 0.6) is 0 Å². The molecule has 0 aliphatic heterocycles. The third-order valence-corrected chi connectivity index (χ3v) is 6.96. The van der Waals surface area contributed by atoms with Crippen LogP contribution in [-0.4, -0.2) is 19.3 Å². The van der Waals surface area contributed by atoms with E-state index in [2.05, 4.69) is 4.98 Å². The van der Waals surface area contributed by atoms with Crippen LogP contribution < -0.4 is 4.90 Å². The summed E-state index contributed by atoms with van der Waals surface area (Å²) in [6, 6.07) is 18.2. The van der Waals surface area contributed by atoms with Crippen molar-refractivity contribution in [3.05, 3.63) is 94.5 Å². The Morgan fingerprint density at radius 2 is 1.83 bits per heavy atom. The van der Waals surface area contributed by atoms with Gasteiger partial charge in [-0.05, 0) is 54.8 Å². The summed E-state index contributed by atoms with van der Waals surface area (Å²) in [6.45, 7) is 2.17. The van der Waals surface area contributed by atoms with E-state index in [1.165, 1.54) is 40.5 Å². The highest BCUT2D eigenvalue weighted by molar-refractivity contribution is 7.91. The monoisotopic (exact) mass is 438 g/mol. The number of amides is 1. The number of rotatable bonds is 6. The molecule has 0 aliphatic carbocycles. The highest BCUT2D eigenvalue weighted by atomic mass is 32.2. The Balaban J connectivity index is 1.66. The van der Waals surface area contributed by atoms with Crippen molar-refractivity contribution in [1.29, 1.82) is 0 Å². The number of aromatic nitrogens is 1. The summed E-state index contributed by atoms with van der Waals surface area (Å²) >= 11 is 1.52. The summed E-state index contributed by atoms with van der Waals surface area (Å²) in [4.78, 5) is 20.0. The van der Waals surface area contributed by atoms with Crippen LogP contribution in [0.25, 0.3) is 0 Å². The number of thiophene rings is 1. The molecule has 0 N–H and O–H groups in total. The van der Waals surface area contributed by atoms with Crippen LogP contribution >= 0.6 is 11.3 Å². The van der Waals surface area contributed by atoms with E-state index in [9.17, 15) is 13.2 Å². The van der Waals surface area contributed by atoms with Crippen LogP contribution in [0.1, 0.15) is 21.0 Å². The molecule has 0 atom stereocenters. The number of carbonyl (C=O) groups excluding carboxylic acids is 1. The Kier molecular flexibility index (Phi) is 5.52. The molecule has 0 radical (unpaired) electrons. The zero-order valence-electron chi connectivity index (χ0n) is 16.1. The molecule has 1 aromatic carbocycles. The second-order valence-corrected chi connectivity index (χ2v) is 9.51. The van der Waals surface area contributed by atoms with Gasteiger partial charge in [-0.15, -0.1) is 11.3 Å². The highest BCUT2D eigenvalue weighted by Gasteiger charge is 2.27. The van der Waals surface area contributed by atoms with Gasteiger partial charge < -0.3 is 4.42 Å². The normalized spacial score (nSPS) is 11.4. The second kappa shape index (κ2) is 8.25. The molecule has 152 valence electrons. The van der Waals surface area contributed by atoms with Crippen molar-refractivity contribution in [2.45, 2.75) is 23.5 Å². The van der Waals surface area contributed by atoms with E-state index in [0.29, 0.717) is 12.4 Å². The van der Waals surface area contributed by atoms with Gasteiger partial charge in [0, 0.05) is 11.1 Å². The maximum Gasteiger partial charge on any atom is 0.295 e. The first-order chi connectivity index (χ1) is 14.4. The molecule has 0 saturated carbocycles. The van der Waals surface area contributed by atoms with E-state index in [1.54, 1.807) is 36.5 Å². The Bertz CT molecular complexity index is 1250. The Morgan fingerprint density at radius 3 is 2.50 bits per heavy atom. The average Bonchev–Trinajstić information content (AvgIpc) is 3.45. The Labute approximate surface area is 178 Å². The van der Waals surface area contributed by atoms with Crippen molar-refractivity contribution < 1.29 is 17.6 Å². The molecule has 4 rings (SSSR count). The van der Waals surface area contributed by atoms with E-state index < -0.39 is 15.7 Å². The first-order valence-electron chi connectivity index (χ1n) is 9.12. The fourth-order valence-corrected chi connectivity index (χ4v) is 4.74. The molecule has 6 nitrogen and oxygen atoms in total. The van der Waals surface area contributed by atoms with Gasteiger partial charge in [-0.3, -0.25) is 9.69 Å². The lowest BCUT2D eigenvalue weighted by Gasteiger charge is -2.19. The molecule has 4 aromatic rings. The molecule has 0 unspecified atom stereocenters. The van der Waals surface area contributed by atoms with E-state index >= 15 is 0 Å². The summed E-state index contributed by atoms with van der Waals surface area (Å²) in [6.07, 6.45) is 1.60. The fourth-order valence-electron chi connectivity index (χ4n) is 2.87. The average molecular weight is 439 g/mol. The van der Waals surface area contributed by atoms with E-state index in [-0.39, 0.29) is 15.7 Å². The number of aryl methyl sites for hydroxylation is 1. The molecular weight excluding hydrogens is 420 g/mol. The molecule has 3 heterocycles. The third-order valence-electron chi connectivity index (χ3n) is 4.45. The molecule has 0 saturated heterocycles. The third kappa shape index (κ3) is 4.05. The summed E-state index contributed by atoms with van der Waals surface area (Å²) in [5.41, 5.74) is 0.948. The molecule has 1 amide bonds. The van der Waals surface area contributed by atoms with Crippen LogP contribution in [0.15, 0.2) is 92.7 Å². The van der Waals surface area contributed by atoms with Gasteiger partial charge in [0.05, 0.1) is 11.4 Å². The minimum absolute atomic E-state index is 0.0668. The molecule has 3 aromatic heterocycles. The predicted octanol–water partition coefficient (Wildman–Crippen LogP) is 4.72. The number of sulfone groups is 1. The van der Waals surface area contributed by atoms with Crippen LogP contribution in [0.2, 0.25) is 0 Å². The van der Waals surface area contributed by atoms with Crippen LogP contribution in [-0.2, 0) is 16.4 Å². The van der Waals surface area contributed by atoms with Gasteiger partial charge in [-0.1, -0.05) is 29.8 Å². The van der Waals surface area contributed by atoms with Crippen molar-refractivity contribution in [3.63, 3.8) is 0 Å². The van der Waals surface area contributed by atoms with Crippen molar-refractivity contribution >= 4 is 32.9 Å². The van der Waals surface area contributed by atoms with Gasteiger partial charge in [0.1, 0.15) is 5.82 Å². The fraction of sp³-hybridized carbons (Fsp3) is 0.0909. The quantitative estimate of drug-likeness (QED) is 0.435. The zero-order valence-corrected chi connectivity index (χ0v) is 17.7. The van der Waals surface area contributed by atoms with Gasteiger partial charge in [0.2, 0.25) is 14.9 Å². The maximum atomic E-state index is 13.2. The summed E-state index contributed by atoms with van der Waals surface area (Å²) in [5, 5.41) is 1.65. The maximum absolute atomic E-state index is 13.2. The highest BCUT2D eigenvalue weighted by Crippen LogP contribution is 2.26. The molecule has 0 bridgehead atoms. The van der Waals surface area contributed by atoms with Crippen molar-refractivity contribution in [2.75, 3.05) is 4.90 Å².